The van der Waals surface area contributed by atoms with Gasteiger partial charge in [-0.25, -0.2) is 9.59 Å². The van der Waals surface area contributed by atoms with Gasteiger partial charge < -0.3 is 25.3 Å². The summed E-state index contributed by atoms with van der Waals surface area (Å²) in [7, 11) is 0. The first-order valence-electron chi connectivity index (χ1n) is 4.97. The van der Waals surface area contributed by atoms with Crippen LogP contribution in [-0.2, 0) is 14.3 Å². The van der Waals surface area contributed by atoms with Gasteiger partial charge in [-0.2, -0.15) is 0 Å². The van der Waals surface area contributed by atoms with Crippen LogP contribution in [0.1, 0.15) is 13.3 Å². The van der Waals surface area contributed by atoms with Crippen molar-refractivity contribution < 1.29 is 53.8 Å². The van der Waals surface area contributed by atoms with Crippen LogP contribution >= 0.6 is 0 Å². The molecule has 18 heavy (non-hydrogen) atoms. The Balaban J connectivity index is 0. The van der Waals surface area contributed by atoms with Crippen molar-refractivity contribution in [3.8, 4) is 0 Å². The molecule has 0 aromatic carbocycles. The first kappa shape index (κ1) is 19.3. The summed E-state index contributed by atoms with van der Waals surface area (Å²) in [6.45, 7) is 5.05. The number of ether oxygens (including phenoxy) is 1. The molecular formula is C10H15N2NaO5. The van der Waals surface area contributed by atoms with Crippen LogP contribution in [0.15, 0.2) is 12.2 Å². The zero-order chi connectivity index (χ0) is 13.3. The molecule has 0 atom stereocenters. The molecule has 8 heteroatoms. The van der Waals surface area contributed by atoms with Crippen molar-refractivity contribution in [1.29, 1.82) is 0 Å². The normalized spacial score (nSPS) is 8.72. The molecule has 7 nitrogen and oxygen atoms in total. The van der Waals surface area contributed by atoms with Crippen LogP contribution < -0.4 is 45.3 Å². The molecule has 0 saturated heterocycles. The van der Waals surface area contributed by atoms with E-state index in [0.717, 1.165) is 0 Å². The van der Waals surface area contributed by atoms with Crippen molar-refractivity contribution in [2.24, 2.45) is 0 Å². The van der Waals surface area contributed by atoms with E-state index in [0.29, 0.717) is 0 Å². The fraction of sp³-hybridized carbons (Fsp3) is 0.500. The molecule has 0 saturated carbocycles. The summed E-state index contributed by atoms with van der Waals surface area (Å²) in [6.07, 6.45) is -0.252. The van der Waals surface area contributed by atoms with Crippen molar-refractivity contribution in [3.05, 3.63) is 12.2 Å². The van der Waals surface area contributed by atoms with Crippen molar-refractivity contribution >= 4 is 18.0 Å². The summed E-state index contributed by atoms with van der Waals surface area (Å²) in [4.78, 5) is 32.0. The predicted octanol–water partition coefficient (Wildman–Crippen LogP) is -4.45. The molecule has 0 aliphatic rings. The maximum atomic E-state index is 11.0. The van der Waals surface area contributed by atoms with Crippen molar-refractivity contribution in [2.45, 2.75) is 13.3 Å². The van der Waals surface area contributed by atoms with Crippen LogP contribution in [0.2, 0.25) is 0 Å². The molecule has 0 fully saturated rings. The summed E-state index contributed by atoms with van der Waals surface area (Å²) in [5.74, 6) is -1.76. The Kier molecular flexibility index (Phi) is 11.9. The third-order valence-electron chi connectivity index (χ3n) is 1.58. The van der Waals surface area contributed by atoms with Gasteiger partial charge in [-0.05, 0) is 6.92 Å². The summed E-state index contributed by atoms with van der Waals surface area (Å²) in [5.41, 5.74) is 0.281. The molecule has 0 aliphatic carbocycles. The van der Waals surface area contributed by atoms with Crippen molar-refractivity contribution in [2.75, 3.05) is 19.7 Å². The number of urea groups is 1. The Hall–Kier alpha value is -1.05. The van der Waals surface area contributed by atoms with Gasteiger partial charge in [0.15, 0.2) is 0 Å². The number of esters is 1. The number of rotatable bonds is 7. The Labute approximate surface area is 127 Å². The first-order chi connectivity index (χ1) is 7.93. The molecule has 0 radical (unpaired) electrons. The van der Waals surface area contributed by atoms with Gasteiger partial charge in [-0.3, -0.25) is 0 Å². The number of nitrogens with one attached hydrogen (secondary N) is 2. The van der Waals surface area contributed by atoms with Gasteiger partial charge in [0.25, 0.3) is 0 Å². The number of carboxylic acid groups (broad SMARTS) is 1. The van der Waals surface area contributed by atoms with Crippen LogP contribution in [0.4, 0.5) is 4.79 Å². The predicted molar refractivity (Wildman–Crippen MR) is 56.8 cm³/mol. The molecule has 2 N–H and O–H groups in total. The van der Waals surface area contributed by atoms with Gasteiger partial charge >= 0.3 is 41.6 Å². The minimum Gasteiger partial charge on any atom is -0.550 e. The topological polar surface area (TPSA) is 108 Å². The van der Waals surface area contributed by atoms with Crippen molar-refractivity contribution in [3.63, 3.8) is 0 Å². The van der Waals surface area contributed by atoms with Crippen LogP contribution in [0.25, 0.3) is 0 Å². The van der Waals surface area contributed by atoms with Crippen molar-refractivity contribution in [1.82, 2.24) is 10.6 Å². The van der Waals surface area contributed by atoms with Gasteiger partial charge in [0.2, 0.25) is 0 Å². The number of hydrogen-bond donors (Lipinski definition) is 2. The van der Waals surface area contributed by atoms with E-state index in [9.17, 15) is 19.5 Å². The van der Waals surface area contributed by atoms with Gasteiger partial charge in [0.1, 0.15) is 6.61 Å². The summed E-state index contributed by atoms with van der Waals surface area (Å²) < 4.78 is 4.71. The maximum Gasteiger partial charge on any atom is 1.00 e. The second-order valence-corrected chi connectivity index (χ2v) is 3.22. The Bertz CT molecular complexity index is 319. The molecule has 0 aromatic heterocycles. The number of carbonyl (C=O) groups is 3. The van der Waals surface area contributed by atoms with E-state index < -0.39 is 18.0 Å². The molecule has 0 unspecified atom stereocenters. The van der Waals surface area contributed by atoms with Gasteiger partial charge in [-0.15, -0.1) is 0 Å². The zero-order valence-electron chi connectivity index (χ0n) is 10.6. The molecule has 2 amide bonds. The fourth-order valence-electron chi connectivity index (χ4n) is 0.772. The zero-order valence-corrected chi connectivity index (χ0v) is 12.6. The van der Waals surface area contributed by atoms with E-state index in [1.54, 1.807) is 0 Å². The quantitative estimate of drug-likeness (QED) is 0.209. The first-order valence-corrected chi connectivity index (χ1v) is 4.97. The van der Waals surface area contributed by atoms with E-state index in [-0.39, 0.29) is 61.2 Å². The SMILES string of the molecule is C=C(C)C(=O)OCCNC(=O)NCCC(=O)[O-].[Na+]. The van der Waals surface area contributed by atoms with Gasteiger partial charge in [-0.1, -0.05) is 6.58 Å². The summed E-state index contributed by atoms with van der Waals surface area (Å²) in [6, 6.07) is -0.530. The molecule has 0 rings (SSSR count). The number of aliphatic carboxylic acids is 1. The van der Waals surface area contributed by atoms with E-state index in [4.69, 9.17) is 4.74 Å². The maximum absolute atomic E-state index is 11.0. The molecular weight excluding hydrogens is 251 g/mol. The number of amides is 2. The Morgan fingerprint density at radius 3 is 2.28 bits per heavy atom. The van der Waals surface area contributed by atoms with E-state index in [1.165, 1.54) is 6.92 Å². The minimum absolute atomic E-state index is 0. The van der Waals surface area contributed by atoms with Gasteiger partial charge in [0.05, 0.1) is 6.54 Å². The third kappa shape index (κ3) is 11.4. The molecule has 0 bridgehead atoms. The van der Waals surface area contributed by atoms with Crippen LogP contribution in [0.5, 0.6) is 0 Å². The number of carboxylic acids is 1. The largest absolute Gasteiger partial charge is 1.00 e. The number of hydrogen-bond acceptors (Lipinski definition) is 5. The fourth-order valence-corrected chi connectivity index (χ4v) is 0.772. The smallest absolute Gasteiger partial charge is 0.550 e. The number of carbonyl (C=O) groups excluding carboxylic acids is 3. The summed E-state index contributed by atoms with van der Waals surface area (Å²) >= 11 is 0. The van der Waals surface area contributed by atoms with E-state index in [2.05, 4.69) is 17.2 Å². The average Bonchev–Trinajstić information content (AvgIpc) is 2.23. The Morgan fingerprint density at radius 1 is 1.22 bits per heavy atom. The molecule has 0 spiro atoms. The molecule has 0 aromatic rings. The standard InChI is InChI=1S/C10H16N2O5.Na/c1-7(2)9(15)17-6-5-12-10(16)11-4-3-8(13)14;/h1,3-6H2,2H3,(H,13,14)(H2,11,12,16);/q;+1/p-1. The van der Waals surface area contributed by atoms with Crippen LogP contribution in [0, 0.1) is 0 Å². The Morgan fingerprint density at radius 2 is 1.78 bits per heavy atom. The van der Waals surface area contributed by atoms with E-state index >= 15 is 0 Å². The third-order valence-corrected chi connectivity index (χ3v) is 1.58. The minimum atomic E-state index is -1.24. The second kappa shape index (κ2) is 11.1. The van der Waals surface area contributed by atoms with Crippen LogP contribution in [0.3, 0.4) is 0 Å². The molecule has 0 heterocycles. The van der Waals surface area contributed by atoms with Gasteiger partial charge in [0, 0.05) is 24.5 Å². The molecule has 0 aliphatic heterocycles. The monoisotopic (exact) mass is 266 g/mol. The average molecular weight is 266 g/mol. The van der Waals surface area contributed by atoms with Crippen LogP contribution in [-0.4, -0.2) is 37.7 Å². The molecule has 96 valence electrons. The summed E-state index contributed by atoms with van der Waals surface area (Å²) in [5, 5.41) is 14.7. The second-order valence-electron chi connectivity index (χ2n) is 3.22. The van der Waals surface area contributed by atoms with E-state index in [1.807, 2.05) is 0 Å².